The molecule has 2 N–H and O–H groups in total. The van der Waals surface area contributed by atoms with E-state index >= 15 is 0 Å². The van der Waals surface area contributed by atoms with Gasteiger partial charge in [0, 0.05) is 36.2 Å². The SMILES string of the molecule is CS(=O)(=O)c1ccc(NCCNC(=O)c2ccc(Cl)cc2)c(S(C)(=O)=O)c1. The van der Waals surface area contributed by atoms with Crippen LogP contribution < -0.4 is 10.6 Å². The zero-order valence-electron chi connectivity index (χ0n) is 14.7. The molecule has 0 radical (unpaired) electrons. The summed E-state index contributed by atoms with van der Waals surface area (Å²) >= 11 is 5.77. The number of amides is 1. The van der Waals surface area contributed by atoms with Crippen LogP contribution in [-0.2, 0) is 19.7 Å². The van der Waals surface area contributed by atoms with Crippen molar-refractivity contribution in [1.82, 2.24) is 5.32 Å². The summed E-state index contributed by atoms with van der Waals surface area (Å²) in [5.74, 6) is -0.288. The first kappa shape index (κ1) is 21.2. The van der Waals surface area contributed by atoms with Crippen LogP contribution in [0.15, 0.2) is 52.3 Å². The molecule has 0 heterocycles. The highest BCUT2D eigenvalue weighted by molar-refractivity contribution is 7.91. The highest BCUT2D eigenvalue weighted by atomic mass is 35.5. The van der Waals surface area contributed by atoms with Crippen LogP contribution in [0.5, 0.6) is 0 Å². The zero-order valence-corrected chi connectivity index (χ0v) is 17.1. The molecule has 0 fully saturated rings. The van der Waals surface area contributed by atoms with Crippen molar-refractivity contribution in [3.05, 3.63) is 53.1 Å². The van der Waals surface area contributed by atoms with Gasteiger partial charge < -0.3 is 10.6 Å². The largest absolute Gasteiger partial charge is 0.382 e. The van der Waals surface area contributed by atoms with E-state index in [1.54, 1.807) is 24.3 Å². The van der Waals surface area contributed by atoms with E-state index in [0.717, 1.165) is 18.6 Å². The van der Waals surface area contributed by atoms with Gasteiger partial charge in [0.15, 0.2) is 19.7 Å². The van der Waals surface area contributed by atoms with Gasteiger partial charge in [-0.3, -0.25) is 4.79 Å². The molecule has 7 nitrogen and oxygen atoms in total. The van der Waals surface area contributed by atoms with Crippen LogP contribution in [0.4, 0.5) is 5.69 Å². The average molecular weight is 431 g/mol. The molecule has 1 amide bonds. The molecule has 0 aliphatic rings. The lowest BCUT2D eigenvalue weighted by Gasteiger charge is -2.13. The summed E-state index contributed by atoms with van der Waals surface area (Å²) in [4.78, 5) is 11.8. The molecule has 0 aromatic heterocycles. The minimum absolute atomic E-state index is 0.0792. The number of sulfone groups is 2. The van der Waals surface area contributed by atoms with E-state index in [-0.39, 0.29) is 34.5 Å². The van der Waals surface area contributed by atoms with Gasteiger partial charge in [-0.2, -0.15) is 0 Å². The predicted octanol–water partition coefficient (Wildman–Crippen LogP) is 1.99. The number of carbonyl (C=O) groups is 1. The van der Waals surface area contributed by atoms with Crippen molar-refractivity contribution in [3.63, 3.8) is 0 Å². The number of carbonyl (C=O) groups excluding carboxylic acids is 1. The molecule has 27 heavy (non-hydrogen) atoms. The summed E-state index contributed by atoms with van der Waals surface area (Å²) in [7, 11) is -7.17. The lowest BCUT2D eigenvalue weighted by Crippen LogP contribution is -2.29. The van der Waals surface area contributed by atoms with Crippen LogP contribution in [-0.4, -0.2) is 48.3 Å². The van der Waals surface area contributed by atoms with Gasteiger partial charge in [0.1, 0.15) is 0 Å². The maximum absolute atomic E-state index is 12.0. The number of hydrogen-bond donors (Lipinski definition) is 2. The molecule has 0 spiro atoms. The molecule has 0 saturated heterocycles. The maximum Gasteiger partial charge on any atom is 0.251 e. The van der Waals surface area contributed by atoms with Gasteiger partial charge in [-0.05, 0) is 42.5 Å². The van der Waals surface area contributed by atoms with E-state index < -0.39 is 19.7 Å². The zero-order chi connectivity index (χ0) is 20.2. The number of nitrogens with one attached hydrogen (secondary N) is 2. The first-order chi connectivity index (χ1) is 12.5. The van der Waals surface area contributed by atoms with Crippen molar-refractivity contribution >= 4 is 42.9 Å². The molecule has 2 aromatic carbocycles. The van der Waals surface area contributed by atoms with Crippen LogP contribution in [0.1, 0.15) is 10.4 Å². The van der Waals surface area contributed by atoms with Gasteiger partial charge in [0.05, 0.1) is 15.5 Å². The van der Waals surface area contributed by atoms with Crippen LogP contribution >= 0.6 is 11.6 Å². The van der Waals surface area contributed by atoms with Gasteiger partial charge in [-0.1, -0.05) is 11.6 Å². The van der Waals surface area contributed by atoms with E-state index in [0.29, 0.717) is 10.6 Å². The number of anilines is 1. The second-order valence-electron chi connectivity index (χ2n) is 5.89. The normalized spacial score (nSPS) is 11.8. The van der Waals surface area contributed by atoms with Crippen LogP contribution in [0.3, 0.4) is 0 Å². The summed E-state index contributed by atoms with van der Waals surface area (Å²) in [6.45, 7) is 0.485. The molecule has 0 atom stereocenters. The number of benzene rings is 2. The summed E-state index contributed by atoms with van der Waals surface area (Å²) in [5, 5.41) is 6.12. The topological polar surface area (TPSA) is 109 Å². The van der Waals surface area contributed by atoms with Gasteiger partial charge >= 0.3 is 0 Å². The molecular formula is C17H19ClN2O5S2. The quantitative estimate of drug-likeness (QED) is 0.650. The van der Waals surface area contributed by atoms with Crippen molar-refractivity contribution in [2.75, 3.05) is 30.9 Å². The fraction of sp³-hybridized carbons (Fsp3) is 0.235. The van der Waals surface area contributed by atoms with Crippen molar-refractivity contribution < 1.29 is 21.6 Å². The van der Waals surface area contributed by atoms with Crippen LogP contribution in [0.2, 0.25) is 5.02 Å². The highest BCUT2D eigenvalue weighted by Crippen LogP contribution is 2.24. The van der Waals surface area contributed by atoms with Crippen molar-refractivity contribution in [2.24, 2.45) is 0 Å². The van der Waals surface area contributed by atoms with Crippen molar-refractivity contribution in [3.8, 4) is 0 Å². The van der Waals surface area contributed by atoms with Crippen LogP contribution in [0.25, 0.3) is 0 Å². The van der Waals surface area contributed by atoms with E-state index in [9.17, 15) is 21.6 Å². The molecule has 0 saturated carbocycles. The third-order valence-electron chi connectivity index (χ3n) is 3.61. The van der Waals surface area contributed by atoms with E-state index in [1.165, 1.54) is 12.1 Å². The highest BCUT2D eigenvalue weighted by Gasteiger charge is 2.17. The Labute approximate surface area is 163 Å². The average Bonchev–Trinajstić information content (AvgIpc) is 2.57. The minimum Gasteiger partial charge on any atom is -0.382 e. The fourth-order valence-corrected chi connectivity index (χ4v) is 3.99. The third kappa shape index (κ3) is 5.95. The van der Waals surface area contributed by atoms with Gasteiger partial charge in [-0.15, -0.1) is 0 Å². The molecule has 2 rings (SSSR count). The first-order valence-electron chi connectivity index (χ1n) is 7.80. The first-order valence-corrected chi connectivity index (χ1v) is 12.0. The van der Waals surface area contributed by atoms with E-state index in [2.05, 4.69) is 10.6 Å². The van der Waals surface area contributed by atoms with Crippen LogP contribution in [0, 0.1) is 0 Å². The second-order valence-corrected chi connectivity index (χ2v) is 10.3. The Morgan fingerprint density at radius 2 is 1.56 bits per heavy atom. The second kappa shape index (κ2) is 8.28. The lowest BCUT2D eigenvalue weighted by molar-refractivity contribution is 0.0955. The Morgan fingerprint density at radius 3 is 2.11 bits per heavy atom. The fourth-order valence-electron chi connectivity index (χ4n) is 2.26. The Kier molecular flexibility index (Phi) is 6.50. The number of halogens is 1. The molecule has 0 bridgehead atoms. The van der Waals surface area contributed by atoms with Gasteiger partial charge in [0.25, 0.3) is 5.91 Å². The number of hydrogen-bond acceptors (Lipinski definition) is 6. The summed E-state index contributed by atoms with van der Waals surface area (Å²) in [6, 6.07) is 10.3. The van der Waals surface area contributed by atoms with Crippen molar-refractivity contribution in [2.45, 2.75) is 9.79 Å². The minimum atomic E-state index is -3.64. The molecule has 146 valence electrons. The molecular weight excluding hydrogens is 412 g/mol. The third-order valence-corrected chi connectivity index (χ3v) is 6.11. The Bertz CT molecular complexity index is 1050. The molecule has 0 unspecified atom stereocenters. The number of rotatable bonds is 7. The summed E-state index contributed by atoms with van der Waals surface area (Å²) in [5.41, 5.74) is 0.722. The predicted molar refractivity (Wildman–Crippen MR) is 105 cm³/mol. The molecule has 0 aliphatic heterocycles. The Balaban J connectivity index is 2.05. The summed E-state index contributed by atoms with van der Waals surface area (Å²) < 4.78 is 47.2. The smallest absolute Gasteiger partial charge is 0.251 e. The lowest BCUT2D eigenvalue weighted by atomic mass is 10.2. The Hall–Kier alpha value is -2.10. The summed E-state index contributed by atoms with van der Waals surface area (Å²) in [6.07, 6.45) is 2.01. The molecule has 0 aliphatic carbocycles. The van der Waals surface area contributed by atoms with Crippen molar-refractivity contribution in [1.29, 1.82) is 0 Å². The molecule has 2 aromatic rings. The molecule has 10 heteroatoms. The maximum atomic E-state index is 12.0. The monoisotopic (exact) mass is 430 g/mol. The standard InChI is InChI=1S/C17H19ClN2O5S2/c1-26(22,23)14-7-8-15(16(11-14)27(2,24)25)19-9-10-20-17(21)12-3-5-13(18)6-4-12/h3-8,11,19H,9-10H2,1-2H3,(H,20,21). The Morgan fingerprint density at radius 1 is 0.926 bits per heavy atom. The van der Waals surface area contributed by atoms with Gasteiger partial charge in [-0.25, -0.2) is 16.8 Å². The van der Waals surface area contributed by atoms with Gasteiger partial charge in [0.2, 0.25) is 0 Å². The van der Waals surface area contributed by atoms with E-state index in [4.69, 9.17) is 11.6 Å². The van der Waals surface area contributed by atoms with E-state index in [1.807, 2.05) is 0 Å².